The van der Waals surface area contributed by atoms with Crippen LogP contribution in [0.2, 0.25) is 0 Å². The van der Waals surface area contributed by atoms with Crippen LogP contribution in [0.1, 0.15) is 49.4 Å². The number of rotatable bonds is 7. The van der Waals surface area contributed by atoms with Crippen molar-refractivity contribution in [3.05, 3.63) is 53.1 Å². The van der Waals surface area contributed by atoms with Crippen molar-refractivity contribution in [2.75, 3.05) is 21.2 Å². The van der Waals surface area contributed by atoms with E-state index in [9.17, 15) is 13.2 Å². The number of carbonyl (C=O) groups excluding carboxylic acids is 1. The Hall–Kier alpha value is -2.58. The zero-order valence-corrected chi connectivity index (χ0v) is 20.4. The first kappa shape index (κ1) is 24.1. The number of methoxy groups -OCH3 is 1. The van der Waals surface area contributed by atoms with E-state index in [1.54, 1.807) is 12.1 Å². The minimum atomic E-state index is -3.57. The number of fused-ring (bicyclic) bond motifs is 1. The van der Waals surface area contributed by atoms with Gasteiger partial charge in [-0.05, 0) is 62.6 Å². The molecule has 1 unspecified atom stereocenters. The molecule has 1 amide bonds. The highest BCUT2D eigenvalue weighted by Gasteiger charge is 2.34. The molecule has 0 saturated heterocycles. The van der Waals surface area contributed by atoms with Gasteiger partial charge in [0.2, 0.25) is 15.9 Å². The molecule has 0 spiro atoms. The number of hydrogen-bond donors (Lipinski definition) is 1. The lowest BCUT2D eigenvalue weighted by atomic mass is 9.89. The zero-order valence-electron chi connectivity index (χ0n) is 19.6. The Morgan fingerprint density at radius 3 is 2.59 bits per heavy atom. The number of amides is 1. The predicted octanol–water partition coefficient (Wildman–Crippen LogP) is 3.61. The first-order valence-corrected chi connectivity index (χ1v) is 12.1. The summed E-state index contributed by atoms with van der Waals surface area (Å²) in [6.45, 7) is 6.04. The quantitative estimate of drug-likeness (QED) is 0.682. The van der Waals surface area contributed by atoms with Crippen molar-refractivity contribution in [3.63, 3.8) is 0 Å². The third-order valence-electron chi connectivity index (χ3n) is 5.61. The Kier molecular flexibility index (Phi) is 6.86. The predicted molar refractivity (Wildman–Crippen MR) is 124 cm³/mol. The van der Waals surface area contributed by atoms with Gasteiger partial charge in [-0.2, -0.15) is 0 Å². The summed E-state index contributed by atoms with van der Waals surface area (Å²) in [5, 5.41) is 3.13. The Morgan fingerprint density at radius 1 is 1.22 bits per heavy atom. The van der Waals surface area contributed by atoms with Gasteiger partial charge in [0, 0.05) is 32.5 Å². The monoisotopic (exact) mass is 460 g/mol. The van der Waals surface area contributed by atoms with Crippen LogP contribution in [-0.2, 0) is 21.2 Å². The smallest absolute Gasteiger partial charge is 0.242 e. The van der Waals surface area contributed by atoms with E-state index < -0.39 is 15.6 Å². The summed E-state index contributed by atoms with van der Waals surface area (Å²) in [4.78, 5) is 13.0. The molecule has 174 valence electrons. The Bertz CT molecular complexity index is 1110. The lowest BCUT2D eigenvalue weighted by Gasteiger charge is -2.38. The van der Waals surface area contributed by atoms with Gasteiger partial charge in [-0.15, -0.1) is 0 Å². The van der Waals surface area contributed by atoms with Crippen LogP contribution in [0.5, 0.6) is 11.5 Å². The van der Waals surface area contributed by atoms with Crippen LogP contribution in [0.15, 0.2) is 41.3 Å². The fraction of sp³-hybridized carbons (Fsp3) is 0.458. The van der Waals surface area contributed by atoms with Gasteiger partial charge in [0.1, 0.15) is 17.1 Å². The number of ether oxygens (including phenoxy) is 2. The second-order valence-electron chi connectivity index (χ2n) is 8.99. The van der Waals surface area contributed by atoms with E-state index in [-0.39, 0.29) is 23.3 Å². The molecule has 8 heteroatoms. The molecule has 3 rings (SSSR count). The molecule has 1 N–H and O–H groups in total. The molecule has 0 radical (unpaired) electrons. The first-order chi connectivity index (χ1) is 14.9. The highest BCUT2D eigenvalue weighted by Crippen LogP contribution is 2.40. The van der Waals surface area contributed by atoms with Gasteiger partial charge in [0.05, 0.1) is 18.0 Å². The first-order valence-electron chi connectivity index (χ1n) is 10.6. The molecule has 0 saturated carbocycles. The van der Waals surface area contributed by atoms with E-state index in [2.05, 4.69) is 5.32 Å². The summed E-state index contributed by atoms with van der Waals surface area (Å²) in [5.74, 6) is 1.25. The van der Waals surface area contributed by atoms with Gasteiger partial charge >= 0.3 is 0 Å². The van der Waals surface area contributed by atoms with Gasteiger partial charge in [0.15, 0.2) is 0 Å². The minimum Gasteiger partial charge on any atom is -0.496 e. The van der Waals surface area contributed by atoms with Crippen LogP contribution in [0.4, 0.5) is 0 Å². The molecule has 1 heterocycles. The van der Waals surface area contributed by atoms with E-state index in [0.29, 0.717) is 24.2 Å². The Balaban J connectivity index is 1.75. The Labute approximate surface area is 190 Å². The van der Waals surface area contributed by atoms with Crippen LogP contribution >= 0.6 is 0 Å². The topological polar surface area (TPSA) is 84.9 Å². The summed E-state index contributed by atoms with van der Waals surface area (Å²) in [5.41, 5.74) is 2.36. The van der Waals surface area contributed by atoms with Crippen LogP contribution in [-0.4, -0.2) is 45.4 Å². The van der Waals surface area contributed by atoms with Crippen molar-refractivity contribution in [1.82, 2.24) is 9.62 Å². The SMILES string of the molecule is COc1ccc(S(=O)(=O)N(C)C)cc1CCC(=O)NC1CC(C)(C)Oc2cc(C)ccc21. The number of nitrogens with one attached hydrogen (secondary N) is 1. The number of benzene rings is 2. The summed E-state index contributed by atoms with van der Waals surface area (Å²) >= 11 is 0. The minimum absolute atomic E-state index is 0.109. The molecule has 1 aliphatic rings. The number of aryl methyl sites for hydroxylation is 2. The van der Waals surface area contributed by atoms with Crippen molar-refractivity contribution >= 4 is 15.9 Å². The molecule has 0 fully saturated rings. The van der Waals surface area contributed by atoms with Gasteiger partial charge in [-0.1, -0.05) is 12.1 Å². The third-order valence-corrected chi connectivity index (χ3v) is 7.42. The average molecular weight is 461 g/mol. The van der Waals surface area contributed by atoms with Crippen LogP contribution in [0, 0.1) is 6.92 Å². The normalized spacial score (nSPS) is 17.4. The van der Waals surface area contributed by atoms with Crippen LogP contribution < -0.4 is 14.8 Å². The van der Waals surface area contributed by atoms with Crippen molar-refractivity contribution in [1.29, 1.82) is 0 Å². The molecule has 7 nitrogen and oxygen atoms in total. The van der Waals surface area contributed by atoms with E-state index in [1.165, 1.54) is 27.3 Å². The van der Waals surface area contributed by atoms with Gasteiger partial charge in [-0.3, -0.25) is 4.79 Å². The second kappa shape index (κ2) is 9.11. The summed E-state index contributed by atoms with van der Waals surface area (Å²) < 4.78 is 37.6. The van der Waals surface area contributed by atoms with E-state index in [1.807, 2.05) is 39.0 Å². The molecule has 0 aliphatic carbocycles. The summed E-state index contributed by atoms with van der Waals surface area (Å²) in [6.07, 6.45) is 1.23. The molecule has 32 heavy (non-hydrogen) atoms. The third kappa shape index (κ3) is 5.24. The van der Waals surface area contributed by atoms with Gasteiger partial charge < -0.3 is 14.8 Å². The fourth-order valence-corrected chi connectivity index (χ4v) is 4.88. The lowest BCUT2D eigenvalue weighted by molar-refractivity contribution is -0.122. The van der Waals surface area contributed by atoms with E-state index in [0.717, 1.165) is 21.2 Å². The van der Waals surface area contributed by atoms with Crippen LogP contribution in [0.3, 0.4) is 0 Å². The van der Waals surface area contributed by atoms with Crippen molar-refractivity contribution in [2.45, 2.75) is 56.6 Å². The maximum atomic E-state index is 12.8. The number of hydrogen-bond acceptors (Lipinski definition) is 5. The maximum absolute atomic E-state index is 12.8. The molecule has 1 atom stereocenters. The number of sulfonamides is 1. The second-order valence-corrected chi connectivity index (χ2v) is 11.1. The fourth-order valence-electron chi connectivity index (χ4n) is 3.92. The zero-order chi connectivity index (χ0) is 23.7. The number of nitrogens with zero attached hydrogens (tertiary/aromatic N) is 1. The molecule has 2 aromatic rings. The van der Waals surface area contributed by atoms with Crippen molar-refractivity contribution in [2.24, 2.45) is 0 Å². The molecular weight excluding hydrogens is 428 g/mol. The standard InChI is InChI=1S/C24H32N2O5S/c1-16-7-10-19-20(15-24(2,3)31-22(19)13-16)25-23(27)12-8-17-14-18(9-11-21(17)30-6)32(28,29)26(4)5/h7,9-11,13-14,20H,8,12,15H2,1-6H3,(H,25,27). The summed E-state index contributed by atoms with van der Waals surface area (Å²) in [7, 11) is 0.933. The van der Waals surface area contributed by atoms with Crippen LogP contribution in [0.25, 0.3) is 0 Å². The highest BCUT2D eigenvalue weighted by atomic mass is 32.2. The lowest BCUT2D eigenvalue weighted by Crippen LogP contribution is -2.41. The maximum Gasteiger partial charge on any atom is 0.242 e. The number of carbonyl (C=O) groups is 1. The largest absolute Gasteiger partial charge is 0.496 e. The van der Waals surface area contributed by atoms with E-state index in [4.69, 9.17) is 9.47 Å². The van der Waals surface area contributed by atoms with Gasteiger partial charge in [-0.25, -0.2) is 12.7 Å². The molecule has 0 bridgehead atoms. The average Bonchev–Trinajstić information content (AvgIpc) is 2.70. The molecular formula is C24H32N2O5S. The molecule has 0 aromatic heterocycles. The Morgan fingerprint density at radius 2 is 1.94 bits per heavy atom. The van der Waals surface area contributed by atoms with Crippen molar-refractivity contribution < 1.29 is 22.7 Å². The molecule has 2 aromatic carbocycles. The summed E-state index contributed by atoms with van der Waals surface area (Å²) in [6, 6.07) is 10.6. The molecule has 1 aliphatic heterocycles. The van der Waals surface area contributed by atoms with Gasteiger partial charge in [0.25, 0.3) is 0 Å². The van der Waals surface area contributed by atoms with E-state index >= 15 is 0 Å². The van der Waals surface area contributed by atoms with Crippen molar-refractivity contribution in [3.8, 4) is 11.5 Å². The highest BCUT2D eigenvalue weighted by molar-refractivity contribution is 7.89.